The molecule has 38 heavy (non-hydrogen) atoms. The van der Waals surface area contributed by atoms with Gasteiger partial charge in [-0.1, -0.05) is 30.3 Å². The van der Waals surface area contributed by atoms with Crippen molar-refractivity contribution in [1.82, 2.24) is 9.88 Å². The third-order valence-electron chi connectivity index (χ3n) is 8.01. The van der Waals surface area contributed by atoms with Gasteiger partial charge in [-0.25, -0.2) is 9.37 Å². The number of ether oxygens (including phenoxy) is 1. The number of hydrogen-bond donors (Lipinski definition) is 1. The molecule has 4 aromatic rings. The molecule has 6 rings (SSSR count). The Bertz CT molecular complexity index is 1470. The molecule has 2 atom stereocenters. The van der Waals surface area contributed by atoms with Gasteiger partial charge in [0.2, 0.25) is 5.91 Å². The molecule has 2 aromatic heterocycles. The largest absolute Gasteiger partial charge is 0.375 e. The third kappa shape index (κ3) is 4.86. The Morgan fingerprint density at radius 2 is 2.03 bits per heavy atom. The second kappa shape index (κ2) is 10.6. The smallest absolute Gasteiger partial charge is 0.249 e. The minimum Gasteiger partial charge on any atom is -0.375 e. The summed E-state index contributed by atoms with van der Waals surface area (Å²) < 4.78 is 20.6. The zero-order chi connectivity index (χ0) is 26.2. The van der Waals surface area contributed by atoms with Crippen LogP contribution in [0.5, 0.6) is 0 Å². The first-order valence-corrected chi connectivity index (χ1v) is 14.2. The molecule has 3 heterocycles. The Kier molecular flexibility index (Phi) is 6.99. The number of benzene rings is 2. The molecule has 2 fully saturated rings. The van der Waals surface area contributed by atoms with E-state index in [4.69, 9.17) is 15.5 Å². The van der Waals surface area contributed by atoms with Crippen LogP contribution in [-0.4, -0.2) is 42.0 Å². The quantitative estimate of drug-likeness (QED) is 0.274. The van der Waals surface area contributed by atoms with E-state index in [0.29, 0.717) is 24.1 Å². The number of nitrogens with zero attached hydrogens (tertiary/aromatic N) is 2. The summed E-state index contributed by atoms with van der Waals surface area (Å²) in [6.45, 7) is 1.91. The Hall–Kier alpha value is -3.13. The summed E-state index contributed by atoms with van der Waals surface area (Å²) in [6, 6.07) is 17.2. The fraction of sp³-hybridized carbons (Fsp3) is 0.355. The highest BCUT2D eigenvalue weighted by Crippen LogP contribution is 2.49. The number of amides is 1. The van der Waals surface area contributed by atoms with Gasteiger partial charge in [-0.3, -0.25) is 4.79 Å². The van der Waals surface area contributed by atoms with E-state index in [1.54, 1.807) is 23.5 Å². The van der Waals surface area contributed by atoms with Crippen molar-refractivity contribution in [3.05, 3.63) is 88.0 Å². The standard InChI is InChI=1S/C31H32FN3O2S/c1-35-14-4-8-22(35)17-37-18-24-29(31(33)36)28-23(27(19-12-13-19)20-6-2-7-21(32)16-20)9-3-10-25(28)34-30(24)26-11-5-15-38-26/h2-3,5-7,9-11,15-16,19,22,27H,4,8,12-14,17-18H2,1H3,(H2,33,36)/t22-,27-/m0/s1. The van der Waals surface area contributed by atoms with Gasteiger partial charge < -0.3 is 15.4 Å². The van der Waals surface area contributed by atoms with Crippen LogP contribution in [0.15, 0.2) is 60.0 Å². The van der Waals surface area contributed by atoms with Crippen molar-refractivity contribution < 1.29 is 13.9 Å². The lowest BCUT2D eigenvalue weighted by atomic mass is 9.83. The number of pyridine rings is 1. The maximum absolute atomic E-state index is 14.3. The number of primary amides is 1. The first-order chi connectivity index (χ1) is 18.5. The molecule has 1 aliphatic carbocycles. The molecule has 5 nitrogen and oxygen atoms in total. The highest BCUT2D eigenvalue weighted by Gasteiger charge is 2.36. The van der Waals surface area contributed by atoms with E-state index < -0.39 is 5.91 Å². The maximum Gasteiger partial charge on any atom is 0.249 e. The zero-order valence-electron chi connectivity index (χ0n) is 21.5. The van der Waals surface area contributed by atoms with Crippen molar-refractivity contribution in [3.8, 4) is 10.6 Å². The molecule has 196 valence electrons. The number of likely N-dealkylation sites (N-methyl/N-ethyl adjacent to an activating group) is 1. The van der Waals surface area contributed by atoms with Gasteiger partial charge in [0.15, 0.2) is 0 Å². The van der Waals surface area contributed by atoms with E-state index >= 15 is 0 Å². The van der Waals surface area contributed by atoms with Crippen molar-refractivity contribution in [1.29, 1.82) is 0 Å². The lowest BCUT2D eigenvalue weighted by Crippen LogP contribution is -2.29. The second-order valence-electron chi connectivity index (χ2n) is 10.6. The van der Waals surface area contributed by atoms with E-state index in [-0.39, 0.29) is 18.3 Å². The SMILES string of the molecule is CN1CCC[C@H]1COCc1c(-c2cccs2)nc2cccc([C@H](c3cccc(F)c3)C3CC3)c2c1C(N)=O. The van der Waals surface area contributed by atoms with Gasteiger partial charge in [0, 0.05) is 22.9 Å². The Labute approximate surface area is 226 Å². The van der Waals surface area contributed by atoms with Crippen molar-refractivity contribution in [2.24, 2.45) is 11.7 Å². The van der Waals surface area contributed by atoms with Crippen LogP contribution in [0.3, 0.4) is 0 Å². The summed E-state index contributed by atoms with van der Waals surface area (Å²) >= 11 is 1.58. The molecule has 0 radical (unpaired) electrons. The molecule has 1 amide bonds. The van der Waals surface area contributed by atoms with Crippen LogP contribution in [-0.2, 0) is 11.3 Å². The summed E-state index contributed by atoms with van der Waals surface area (Å²) in [5.41, 5.74) is 10.7. The molecule has 2 aliphatic rings. The minimum atomic E-state index is -0.493. The highest BCUT2D eigenvalue weighted by atomic mass is 32.1. The fourth-order valence-electron chi connectivity index (χ4n) is 5.99. The monoisotopic (exact) mass is 529 g/mol. The van der Waals surface area contributed by atoms with E-state index in [9.17, 15) is 9.18 Å². The number of carbonyl (C=O) groups excluding carboxylic acids is 1. The lowest BCUT2D eigenvalue weighted by molar-refractivity contribution is 0.0741. The third-order valence-corrected chi connectivity index (χ3v) is 8.89. The average molecular weight is 530 g/mol. The maximum atomic E-state index is 14.3. The van der Waals surface area contributed by atoms with Crippen LogP contribution in [0.4, 0.5) is 4.39 Å². The number of halogens is 1. The number of carbonyl (C=O) groups is 1. The molecule has 1 saturated heterocycles. The highest BCUT2D eigenvalue weighted by molar-refractivity contribution is 7.13. The van der Waals surface area contributed by atoms with E-state index in [1.165, 1.54) is 12.5 Å². The lowest BCUT2D eigenvalue weighted by Gasteiger charge is -2.23. The molecule has 1 aliphatic heterocycles. The number of hydrogen-bond acceptors (Lipinski definition) is 5. The number of rotatable bonds is 9. The Balaban J connectivity index is 1.52. The summed E-state index contributed by atoms with van der Waals surface area (Å²) in [7, 11) is 2.13. The van der Waals surface area contributed by atoms with Crippen LogP contribution in [0.2, 0.25) is 0 Å². The van der Waals surface area contributed by atoms with E-state index in [1.807, 2.05) is 41.8 Å². The number of nitrogens with two attached hydrogens (primary N) is 1. The van der Waals surface area contributed by atoms with Crippen LogP contribution in [0.1, 0.15) is 58.6 Å². The predicted molar refractivity (Wildman–Crippen MR) is 150 cm³/mol. The number of thiophene rings is 1. The van der Waals surface area contributed by atoms with Crippen LogP contribution >= 0.6 is 11.3 Å². The van der Waals surface area contributed by atoms with Crippen LogP contribution in [0.25, 0.3) is 21.5 Å². The molecular formula is C31H32FN3O2S. The summed E-state index contributed by atoms with van der Waals surface area (Å²) in [5, 5.41) is 2.77. The first kappa shape index (κ1) is 25.2. The topological polar surface area (TPSA) is 68.4 Å². The van der Waals surface area contributed by atoms with Crippen molar-refractivity contribution in [3.63, 3.8) is 0 Å². The van der Waals surface area contributed by atoms with Crippen molar-refractivity contribution in [2.75, 3.05) is 20.2 Å². The van der Waals surface area contributed by atoms with Crippen LogP contribution < -0.4 is 5.73 Å². The average Bonchev–Trinajstić information content (AvgIpc) is 3.40. The fourth-order valence-corrected chi connectivity index (χ4v) is 6.73. The van der Waals surface area contributed by atoms with Gasteiger partial charge >= 0.3 is 0 Å². The van der Waals surface area contributed by atoms with Crippen molar-refractivity contribution >= 4 is 28.1 Å². The van der Waals surface area contributed by atoms with Gasteiger partial charge in [0.25, 0.3) is 0 Å². The van der Waals surface area contributed by atoms with Gasteiger partial charge in [0.05, 0.1) is 34.9 Å². The van der Waals surface area contributed by atoms with E-state index in [0.717, 1.165) is 64.0 Å². The summed E-state index contributed by atoms with van der Waals surface area (Å²) in [6.07, 6.45) is 4.40. The predicted octanol–water partition coefficient (Wildman–Crippen LogP) is 6.35. The Morgan fingerprint density at radius 1 is 1.18 bits per heavy atom. The van der Waals surface area contributed by atoms with Gasteiger partial charge in [-0.05, 0) is 86.0 Å². The number of fused-ring (bicyclic) bond motifs is 1. The summed E-state index contributed by atoms with van der Waals surface area (Å²) in [5.74, 6) is -0.402. The van der Waals surface area contributed by atoms with Crippen molar-refractivity contribution in [2.45, 2.75) is 44.2 Å². The molecule has 7 heteroatoms. The van der Waals surface area contributed by atoms with Gasteiger partial charge in [0.1, 0.15) is 5.82 Å². The molecular weight excluding hydrogens is 497 g/mol. The normalized spacial score (nSPS) is 18.7. The zero-order valence-corrected chi connectivity index (χ0v) is 22.3. The van der Waals surface area contributed by atoms with Crippen LogP contribution in [0, 0.1) is 11.7 Å². The molecule has 0 unspecified atom stereocenters. The molecule has 0 spiro atoms. The molecule has 2 aromatic carbocycles. The van der Waals surface area contributed by atoms with Gasteiger partial charge in [-0.15, -0.1) is 11.3 Å². The molecule has 2 N–H and O–H groups in total. The minimum absolute atomic E-state index is 0.0391. The van der Waals surface area contributed by atoms with E-state index in [2.05, 4.69) is 11.9 Å². The molecule has 0 bridgehead atoms. The summed E-state index contributed by atoms with van der Waals surface area (Å²) in [4.78, 5) is 21.6. The number of likely N-dealkylation sites (tertiary alicyclic amines) is 1. The Morgan fingerprint density at radius 3 is 2.71 bits per heavy atom. The number of aromatic nitrogens is 1. The first-order valence-electron chi connectivity index (χ1n) is 13.3. The molecule has 1 saturated carbocycles. The second-order valence-corrected chi connectivity index (χ2v) is 11.5. The van der Waals surface area contributed by atoms with Gasteiger partial charge in [-0.2, -0.15) is 0 Å².